The molecule has 118 valence electrons. The van der Waals surface area contributed by atoms with Gasteiger partial charge in [-0.25, -0.2) is 8.42 Å². The molecular formula is C14H22N2O4S. The van der Waals surface area contributed by atoms with Crippen molar-refractivity contribution in [3.63, 3.8) is 0 Å². The van der Waals surface area contributed by atoms with E-state index in [-0.39, 0.29) is 23.6 Å². The highest BCUT2D eigenvalue weighted by atomic mass is 32.2. The van der Waals surface area contributed by atoms with Gasteiger partial charge in [-0.2, -0.15) is 4.31 Å². The number of nitrogens with zero attached hydrogens (tertiary/aromatic N) is 1. The van der Waals surface area contributed by atoms with Crippen molar-refractivity contribution < 1.29 is 17.9 Å². The Morgan fingerprint density at radius 1 is 1.48 bits per heavy atom. The van der Waals surface area contributed by atoms with Gasteiger partial charge < -0.3 is 15.2 Å². The van der Waals surface area contributed by atoms with Gasteiger partial charge in [-0.05, 0) is 31.5 Å². The lowest BCUT2D eigenvalue weighted by molar-refractivity contribution is -0.0120. The van der Waals surface area contributed by atoms with Crippen molar-refractivity contribution in [3.8, 4) is 5.75 Å². The standard InChI is InChI=1S/C14H22N2O4S/c1-10-4-5-12(19-3)14(8-10)21(17,18)16-6-7-20-13(9-16)11(2)15/h4-5,8,11,13H,6-7,9,15H2,1-3H3. The topological polar surface area (TPSA) is 81.9 Å². The molecule has 2 atom stereocenters. The van der Waals surface area contributed by atoms with Gasteiger partial charge in [0.15, 0.2) is 0 Å². The number of nitrogens with two attached hydrogens (primary N) is 1. The van der Waals surface area contributed by atoms with Crippen LogP contribution in [0, 0.1) is 6.92 Å². The maximum atomic E-state index is 12.8. The van der Waals surface area contributed by atoms with Crippen LogP contribution in [0.2, 0.25) is 0 Å². The number of rotatable bonds is 4. The molecule has 1 aromatic rings. The number of methoxy groups -OCH3 is 1. The second-order valence-electron chi connectivity index (χ2n) is 5.29. The molecule has 0 radical (unpaired) electrons. The van der Waals surface area contributed by atoms with Crippen LogP contribution >= 0.6 is 0 Å². The fraction of sp³-hybridized carbons (Fsp3) is 0.571. The maximum absolute atomic E-state index is 12.8. The predicted molar refractivity (Wildman–Crippen MR) is 79.9 cm³/mol. The molecule has 2 unspecified atom stereocenters. The van der Waals surface area contributed by atoms with Crippen LogP contribution in [0.4, 0.5) is 0 Å². The molecule has 0 spiro atoms. The third kappa shape index (κ3) is 3.37. The first-order valence-corrected chi connectivity index (χ1v) is 8.32. The fourth-order valence-corrected chi connectivity index (χ4v) is 3.99. The van der Waals surface area contributed by atoms with E-state index in [9.17, 15) is 8.42 Å². The van der Waals surface area contributed by atoms with E-state index in [0.29, 0.717) is 18.9 Å². The molecule has 0 amide bonds. The first-order chi connectivity index (χ1) is 9.86. The minimum absolute atomic E-state index is 0.190. The van der Waals surface area contributed by atoms with Gasteiger partial charge >= 0.3 is 0 Å². The summed E-state index contributed by atoms with van der Waals surface area (Å²) >= 11 is 0. The maximum Gasteiger partial charge on any atom is 0.246 e. The van der Waals surface area contributed by atoms with E-state index in [2.05, 4.69) is 0 Å². The van der Waals surface area contributed by atoms with Crippen LogP contribution < -0.4 is 10.5 Å². The van der Waals surface area contributed by atoms with Crippen LogP contribution in [-0.4, -0.2) is 51.7 Å². The lowest BCUT2D eigenvalue weighted by atomic mass is 10.2. The summed E-state index contributed by atoms with van der Waals surface area (Å²) in [7, 11) is -2.15. The second-order valence-corrected chi connectivity index (χ2v) is 7.19. The summed E-state index contributed by atoms with van der Waals surface area (Å²) < 4.78 is 37.8. The Bertz CT molecular complexity index is 601. The Labute approximate surface area is 125 Å². The summed E-state index contributed by atoms with van der Waals surface area (Å²) in [6.07, 6.45) is -0.288. The molecular weight excluding hydrogens is 292 g/mol. The molecule has 1 saturated heterocycles. The van der Waals surface area contributed by atoms with Crippen LogP contribution in [0.15, 0.2) is 23.1 Å². The first-order valence-electron chi connectivity index (χ1n) is 6.88. The molecule has 2 N–H and O–H groups in total. The van der Waals surface area contributed by atoms with Crippen molar-refractivity contribution in [2.75, 3.05) is 26.8 Å². The molecule has 1 aliphatic rings. The van der Waals surface area contributed by atoms with Crippen LogP contribution in [-0.2, 0) is 14.8 Å². The highest BCUT2D eigenvalue weighted by molar-refractivity contribution is 7.89. The molecule has 21 heavy (non-hydrogen) atoms. The van der Waals surface area contributed by atoms with E-state index in [4.69, 9.17) is 15.2 Å². The molecule has 2 rings (SSSR count). The Kier molecular flexibility index (Phi) is 4.88. The van der Waals surface area contributed by atoms with E-state index in [1.165, 1.54) is 11.4 Å². The lowest BCUT2D eigenvalue weighted by Gasteiger charge is -2.34. The third-order valence-corrected chi connectivity index (χ3v) is 5.47. The summed E-state index contributed by atoms with van der Waals surface area (Å²) in [4.78, 5) is 0.190. The predicted octanol–water partition coefficient (Wildman–Crippen LogP) is 0.740. The Hall–Kier alpha value is -1.15. The zero-order valence-electron chi connectivity index (χ0n) is 12.6. The number of hydrogen-bond acceptors (Lipinski definition) is 5. The number of sulfonamides is 1. The van der Waals surface area contributed by atoms with E-state index in [1.54, 1.807) is 12.1 Å². The van der Waals surface area contributed by atoms with E-state index in [0.717, 1.165) is 5.56 Å². The highest BCUT2D eigenvalue weighted by Crippen LogP contribution is 2.28. The van der Waals surface area contributed by atoms with Gasteiger partial charge in [0.1, 0.15) is 10.6 Å². The van der Waals surface area contributed by atoms with E-state index >= 15 is 0 Å². The molecule has 0 aromatic heterocycles. The number of ether oxygens (including phenoxy) is 2. The number of morpholine rings is 1. The van der Waals surface area contributed by atoms with Crippen LogP contribution in [0.5, 0.6) is 5.75 Å². The molecule has 1 fully saturated rings. The second kappa shape index (κ2) is 6.31. The molecule has 0 bridgehead atoms. The number of aryl methyl sites for hydroxylation is 1. The first kappa shape index (κ1) is 16.2. The summed E-state index contributed by atoms with van der Waals surface area (Å²) in [5, 5.41) is 0. The quantitative estimate of drug-likeness (QED) is 0.886. The van der Waals surface area contributed by atoms with Crippen molar-refractivity contribution in [1.29, 1.82) is 0 Å². The summed E-state index contributed by atoms with van der Waals surface area (Å²) in [5.74, 6) is 0.351. The normalized spacial score (nSPS) is 22.0. The molecule has 1 aliphatic heterocycles. The van der Waals surface area contributed by atoms with Gasteiger partial charge in [-0.3, -0.25) is 0 Å². The average Bonchev–Trinajstić information content (AvgIpc) is 2.47. The monoisotopic (exact) mass is 314 g/mol. The van der Waals surface area contributed by atoms with Crippen molar-refractivity contribution in [1.82, 2.24) is 4.31 Å². The third-order valence-electron chi connectivity index (χ3n) is 3.58. The van der Waals surface area contributed by atoms with Crippen molar-refractivity contribution in [2.45, 2.75) is 30.9 Å². The minimum atomic E-state index is -3.62. The Balaban J connectivity index is 2.35. The zero-order chi connectivity index (χ0) is 15.6. The molecule has 6 nitrogen and oxygen atoms in total. The molecule has 0 saturated carbocycles. The molecule has 1 aromatic carbocycles. The number of hydrogen-bond donors (Lipinski definition) is 1. The Morgan fingerprint density at radius 2 is 2.19 bits per heavy atom. The van der Waals surface area contributed by atoms with Gasteiger partial charge in [0.25, 0.3) is 0 Å². The molecule has 1 heterocycles. The zero-order valence-corrected chi connectivity index (χ0v) is 13.4. The largest absolute Gasteiger partial charge is 0.495 e. The average molecular weight is 314 g/mol. The van der Waals surface area contributed by atoms with Crippen LogP contribution in [0.1, 0.15) is 12.5 Å². The minimum Gasteiger partial charge on any atom is -0.495 e. The van der Waals surface area contributed by atoms with Crippen LogP contribution in [0.25, 0.3) is 0 Å². The van der Waals surface area contributed by atoms with E-state index in [1.807, 2.05) is 19.9 Å². The SMILES string of the molecule is COc1ccc(C)cc1S(=O)(=O)N1CCOC(C(C)N)C1. The number of benzene rings is 1. The molecule has 0 aliphatic carbocycles. The fourth-order valence-electron chi connectivity index (χ4n) is 2.31. The van der Waals surface area contributed by atoms with Crippen molar-refractivity contribution in [2.24, 2.45) is 5.73 Å². The van der Waals surface area contributed by atoms with Gasteiger partial charge in [0.05, 0.1) is 19.8 Å². The van der Waals surface area contributed by atoms with E-state index < -0.39 is 10.0 Å². The Morgan fingerprint density at radius 3 is 2.81 bits per heavy atom. The van der Waals surface area contributed by atoms with Gasteiger partial charge in [0, 0.05) is 19.1 Å². The lowest BCUT2D eigenvalue weighted by Crippen LogP contribution is -2.51. The summed E-state index contributed by atoms with van der Waals surface area (Å²) in [6.45, 7) is 4.59. The summed E-state index contributed by atoms with van der Waals surface area (Å²) in [6, 6.07) is 4.90. The molecule has 7 heteroatoms. The van der Waals surface area contributed by atoms with Crippen LogP contribution in [0.3, 0.4) is 0 Å². The smallest absolute Gasteiger partial charge is 0.246 e. The van der Waals surface area contributed by atoms with Crippen molar-refractivity contribution >= 4 is 10.0 Å². The van der Waals surface area contributed by atoms with Gasteiger partial charge in [0.2, 0.25) is 10.0 Å². The van der Waals surface area contributed by atoms with Gasteiger partial charge in [-0.1, -0.05) is 6.07 Å². The highest BCUT2D eigenvalue weighted by Gasteiger charge is 2.33. The van der Waals surface area contributed by atoms with Gasteiger partial charge in [-0.15, -0.1) is 0 Å². The van der Waals surface area contributed by atoms with Crippen molar-refractivity contribution in [3.05, 3.63) is 23.8 Å². The summed E-state index contributed by atoms with van der Waals surface area (Å²) in [5.41, 5.74) is 6.69.